The van der Waals surface area contributed by atoms with Gasteiger partial charge in [0, 0.05) is 5.92 Å². The van der Waals surface area contributed by atoms with Crippen molar-refractivity contribution in [2.24, 2.45) is 23.2 Å². The van der Waals surface area contributed by atoms with Gasteiger partial charge in [0.1, 0.15) is 6.29 Å². The minimum atomic E-state index is -0.813. The molecule has 0 spiro atoms. The molecule has 0 heterocycles. The van der Waals surface area contributed by atoms with Crippen molar-refractivity contribution in [3.63, 3.8) is 0 Å². The lowest BCUT2D eigenvalue weighted by molar-refractivity contribution is -0.165. The molecule has 1 fully saturated rings. The zero-order valence-corrected chi connectivity index (χ0v) is 18.2. The molecular formula is C25H38O3. The molecule has 2 rings (SSSR count). The summed E-state index contributed by atoms with van der Waals surface area (Å²) in [5, 5.41) is 10.5. The Labute approximate surface area is 171 Å². The molecule has 2 bridgehead atoms. The van der Waals surface area contributed by atoms with Crippen molar-refractivity contribution >= 4 is 12.3 Å². The third-order valence-electron chi connectivity index (χ3n) is 7.07. The van der Waals surface area contributed by atoms with E-state index in [1.54, 1.807) is 0 Å². The molecule has 3 heteroatoms. The number of fused-ring (bicyclic) bond motifs is 2. The number of rotatable bonds is 5. The Balaban J connectivity index is 2.51. The SMILES string of the molecule is CC(C)=CCCC1(C(=O)O)C2CC=C(C)CCC=C(C)CCC1C(C=O)CC2. The number of allylic oxidation sites excluding steroid dienone is 6. The smallest absolute Gasteiger partial charge is 0.310 e. The summed E-state index contributed by atoms with van der Waals surface area (Å²) >= 11 is 0. The normalized spacial score (nSPS) is 31.5. The van der Waals surface area contributed by atoms with Gasteiger partial charge in [0.05, 0.1) is 5.41 Å². The molecule has 4 unspecified atom stereocenters. The molecule has 3 nitrogen and oxygen atoms in total. The maximum absolute atomic E-state index is 12.8. The van der Waals surface area contributed by atoms with E-state index in [9.17, 15) is 14.7 Å². The number of carbonyl (C=O) groups is 2. The fraction of sp³-hybridized carbons (Fsp3) is 0.680. The van der Waals surface area contributed by atoms with Gasteiger partial charge in [0.2, 0.25) is 0 Å². The van der Waals surface area contributed by atoms with Crippen LogP contribution in [-0.2, 0) is 9.59 Å². The highest BCUT2D eigenvalue weighted by atomic mass is 16.4. The van der Waals surface area contributed by atoms with E-state index in [4.69, 9.17) is 0 Å². The molecule has 1 saturated carbocycles. The number of aldehydes is 1. The van der Waals surface area contributed by atoms with Crippen LogP contribution in [0.5, 0.6) is 0 Å². The standard InChI is InChI=1S/C25H38O3/c1-18(2)7-6-16-25(24(27)28)22-13-10-19(3)8-5-9-20(4)11-15-23(25)21(17-26)12-14-22/h7,9-10,17,21-23H,5-6,8,11-16H2,1-4H3,(H,27,28). The molecule has 0 aromatic carbocycles. The van der Waals surface area contributed by atoms with E-state index in [-0.39, 0.29) is 17.8 Å². The number of carbonyl (C=O) groups excluding carboxylic acids is 1. The van der Waals surface area contributed by atoms with Gasteiger partial charge < -0.3 is 9.90 Å². The second-order valence-corrected chi connectivity index (χ2v) is 9.26. The topological polar surface area (TPSA) is 54.4 Å². The maximum atomic E-state index is 12.8. The molecule has 4 atom stereocenters. The molecular weight excluding hydrogens is 348 g/mol. The van der Waals surface area contributed by atoms with Crippen LogP contribution in [0.15, 0.2) is 34.9 Å². The van der Waals surface area contributed by atoms with Crippen LogP contribution in [0.3, 0.4) is 0 Å². The fourth-order valence-electron chi connectivity index (χ4n) is 5.41. The van der Waals surface area contributed by atoms with E-state index >= 15 is 0 Å². The molecule has 0 saturated heterocycles. The number of carboxylic acid groups (broad SMARTS) is 1. The van der Waals surface area contributed by atoms with Crippen LogP contribution in [0.4, 0.5) is 0 Å². The third-order valence-corrected chi connectivity index (χ3v) is 7.07. The second-order valence-electron chi connectivity index (χ2n) is 9.26. The Hall–Kier alpha value is -1.64. The van der Waals surface area contributed by atoms with Gasteiger partial charge in [-0.3, -0.25) is 4.79 Å². The lowest BCUT2D eigenvalue weighted by Gasteiger charge is -2.49. The molecule has 28 heavy (non-hydrogen) atoms. The van der Waals surface area contributed by atoms with Crippen molar-refractivity contribution in [2.75, 3.05) is 0 Å². The van der Waals surface area contributed by atoms with E-state index < -0.39 is 11.4 Å². The molecule has 0 aromatic heterocycles. The summed E-state index contributed by atoms with van der Waals surface area (Å²) in [6.45, 7) is 8.43. The Morgan fingerprint density at radius 2 is 1.86 bits per heavy atom. The maximum Gasteiger partial charge on any atom is 0.310 e. The predicted octanol–water partition coefficient (Wildman–Crippen LogP) is 6.50. The van der Waals surface area contributed by atoms with Crippen LogP contribution in [0.1, 0.15) is 85.5 Å². The average molecular weight is 387 g/mol. The van der Waals surface area contributed by atoms with Gasteiger partial charge in [-0.05, 0) is 97.3 Å². The zero-order valence-electron chi connectivity index (χ0n) is 18.2. The quantitative estimate of drug-likeness (QED) is 0.433. The summed E-state index contributed by atoms with van der Waals surface area (Å²) in [6.07, 6.45) is 15.4. The minimum Gasteiger partial charge on any atom is -0.481 e. The molecule has 0 amide bonds. The molecule has 0 aliphatic heterocycles. The van der Waals surface area contributed by atoms with Crippen LogP contribution >= 0.6 is 0 Å². The van der Waals surface area contributed by atoms with Gasteiger partial charge in [-0.25, -0.2) is 0 Å². The van der Waals surface area contributed by atoms with Crippen molar-refractivity contribution in [1.82, 2.24) is 0 Å². The van der Waals surface area contributed by atoms with Gasteiger partial charge in [0.15, 0.2) is 0 Å². The van der Waals surface area contributed by atoms with E-state index in [1.807, 2.05) is 0 Å². The van der Waals surface area contributed by atoms with Crippen molar-refractivity contribution in [1.29, 1.82) is 0 Å². The molecule has 2 aliphatic rings. The molecule has 2 aliphatic carbocycles. The van der Waals surface area contributed by atoms with E-state index in [0.29, 0.717) is 6.42 Å². The van der Waals surface area contributed by atoms with Crippen LogP contribution in [0, 0.1) is 23.2 Å². The van der Waals surface area contributed by atoms with E-state index in [0.717, 1.165) is 57.7 Å². The predicted molar refractivity (Wildman–Crippen MR) is 115 cm³/mol. The highest BCUT2D eigenvalue weighted by Gasteiger charge is 2.55. The van der Waals surface area contributed by atoms with Crippen LogP contribution in [0.25, 0.3) is 0 Å². The summed E-state index contributed by atoms with van der Waals surface area (Å²) in [5.41, 5.74) is 3.08. The lowest BCUT2D eigenvalue weighted by Crippen LogP contribution is -2.51. The zero-order chi connectivity index (χ0) is 20.7. The van der Waals surface area contributed by atoms with Crippen molar-refractivity contribution < 1.29 is 14.7 Å². The van der Waals surface area contributed by atoms with Crippen LogP contribution < -0.4 is 0 Å². The van der Waals surface area contributed by atoms with Crippen LogP contribution in [-0.4, -0.2) is 17.4 Å². The second kappa shape index (κ2) is 10.2. The number of hydrogen-bond acceptors (Lipinski definition) is 2. The molecule has 0 aromatic rings. The van der Waals surface area contributed by atoms with Crippen molar-refractivity contribution in [3.05, 3.63) is 34.9 Å². The third kappa shape index (κ3) is 5.24. The number of aliphatic carboxylic acids is 1. The molecule has 156 valence electrons. The van der Waals surface area contributed by atoms with Crippen LogP contribution in [0.2, 0.25) is 0 Å². The first-order chi connectivity index (χ1) is 13.3. The Bertz CT molecular complexity index is 651. The van der Waals surface area contributed by atoms with Gasteiger partial charge in [-0.2, -0.15) is 0 Å². The fourth-order valence-corrected chi connectivity index (χ4v) is 5.41. The summed E-state index contributed by atoms with van der Waals surface area (Å²) < 4.78 is 0. The monoisotopic (exact) mass is 386 g/mol. The van der Waals surface area contributed by atoms with Gasteiger partial charge in [0.25, 0.3) is 0 Å². The lowest BCUT2D eigenvalue weighted by atomic mass is 9.53. The molecule has 1 N–H and O–H groups in total. The first-order valence-electron chi connectivity index (χ1n) is 10.9. The van der Waals surface area contributed by atoms with Crippen molar-refractivity contribution in [2.45, 2.75) is 85.5 Å². The number of carboxylic acids is 1. The Morgan fingerprint density at radius 3 is 2.50 bits per heavy atom. The molecule has 0 radical (unpaired) electrons. The highest BCUT2D eigenvalue weighted by molar-refractivity contribution is 5.77. The first kappa shape index (κ1) is 22.6. The number of hydrogen-bond donors (Lipinski definition) is 1. The summed E-state index contributed by atoms with van der Waals surface area (Å²) in [5.74, 6) is -0.806. The average Bonchev–Trinajstić information content (AvgIpc) is 2.63. The van der Waals surface area contributed by atoms with Gasteiger partial charge >= 0.3 is 5.97 Å². The summed E-state index contributed by atoms with van der Waals surface area (Å²) in [7, 11) is 0. The Kier molecular flexibility index (Phi) is 8.27. The minimum absolute atomic E-state index is 0.0803. The highest BCUT2D eigenvalue weighted by Crippen LogP contribution is 2.54. The summed E-state index contributed by atoms with van der Waals surface area (Å²) in [6, 6.07) is 0. The van der Waals surface area contributed by atoms with E-state index in [1.165, 1.54) is 16.7 Å². The summed E-state index contributed by atoms with van der Waals surface area (Å²) in [4.78, 5) is 24.8. The van der Waals surface area contributed by atoms with Crippen molar-refractivity contribution in [3.8, 4) is 0 Å². The largest absolute Gasteiger partial charge is 0.481 e. The van der Waals surface area contributed by atoms with E-state index in [2.05, 4.69) is 45.9 Å². The first-order valence-corrected chi connectivity index (χ1v) is 10.9. The van der Waals surface area contributed by atoms with Gasteiger partial charge in [-0.1, -0.05) is 34.9 Å². The van der Waals surface area contributed by atoms with Gasteiger partial charge in [-0.15, -0.1) is 0 Å². The Morgan fingerprint density at radius 1 is 1.14 bits per heavy atom.